The average Bonchev–Trinajstić information content (AvgIpc) is 2.99. The van der Waals surface area contributed by atoms with E-state index in [1.807, 2.05) is 41.2 Å². The van der Waals surface area contributed by atoms with Crippen molar-refractivity contribution >= 4 is 0 Å². The lowest BCUT2D eigenvalue weighted by atomic mass is 10.2. The fourth-order valence-electron chi connectivity index (χ4n) is 1.77. The Morgan fingerprint density at radius 3 is 2.85 bits per heavy atom. The summed E-state index contributed by atoms with van der Waals surface area (Å²) >= 11 is 0. The molecule has 20 heavy (non-hydrogen) atoms. The number of nitrogens with zero attached hydrogens (tertiary/aromatic N) is 4. The Bertz CT molecular complexity index is 530. The van der Waals surface area contributed by atoms with Crippen LogP contribution in [0.25, 0.3) is 0 Å². The maximum absolute atomic E-state index is 8.42. The SMILES string of the molecule is N#CCOc1ccc(CNCCCn2ccnn2)cc1. The molecule has 0 atom stereocenters. The van der Waals surface area contributed by atoms with Crippen LogP contribution in [0.3, 0.4) is 0 Å². The fourth-order valence-corrected chi connectivity index (χ4v) is 1.77. The van der Waals surface area contributed by atoms with E-state index in [0.717, 1.165) is 31.8 Å². The summed E-state index contributed by atoms with van der Waals surface area (Å²) in [6, 6.07) is 9.70. The van der Waals surface area contributed by atoms with Crippen molar-refractivity contribution < 1.29 is 4.74 Å². The molecular weight excluding hydrogens is 254 g/mol. The molecule has 0 aliphatic rings. The van der Waals surface area contributed by atoms with Crippen molar-refractivity contribution in [3.63, 3.8) is 0 Å². The normalized spacial score (nSPS) is 10.2. The van der Waals surface area contributed by atoms with E-state index >= 15 is 0 Å². The number of benzene rings is 1. The number of nitrogens with one attached hydrogen (secondary N) is 1. The summed E-state index contributed by atoms with van der Waals surface area (Å²) < 4.78 is 7.02. The molecule has 6 heteroatoms. The van der Waals surface area contributed by atoms with Gasteiger partial charge in [0.15, 0.2) is 6.61 Å². The monoisotopic (exact) mass is 271 g/mol. The maximum atomic E-state index is 8.42. The minimum absolute atomic E-state index is 0.0832. The number of aromatic nitrogens is 3. The van der Waals surface area contributed by atoms with Gasteiger partial charge in [-0.2, -0.15) is 5.26 Å². The van der Waals surface area contributed by atoms with Gasteiger partial charge in [-0.05, 0) is 30.7 Å². The standard InChI is InChI=1S/C14H17N5O/c15-6-11-20-14-4-2-13(3-5-14)12-16-7-1-9-19-10-8-17-18-19/h2-5,8,10,16H,1,7,9,11-12H2. The van der Waals surface area contributed by atoms with Crippen LogP contribution in [0.4, 0.5) is 0 Å². The Labute approximate surface area is 118 Å². The minimum atomic E-state index is 0.0832. The van der Waals surface area contributed by atoms with Gasteiger partial charge >= 0.3 is 0 Å². The molecule has 104 valence electrons. The van der Waals surface area contributed by atoms with Gasteiger partial charge in [-0.1, -0.05) is 17.3 Å². The first-order valence-electron chi connectivity index (χ1n) is 6.52. The van der Waals surface area contributed by atoms with Crippen LogP contribution in [0.1, 0.15) is 12.0 Å². The molecule has 0 saturated heterocycles. The number of ether oxygens (including phenoxy) is 1. The van der Waals surface area contributed by atoms with Crippen LogP contribution >= 0.6 is 0 Å². The molecule has 0 spiro atoms. The molecule has 0 radical (unpaired) electrons. The van der Waals surface area contributed by atoms with Gasteiger partial charge in [0, 0.05) is 19.3 Å². The van der Waals surface area contributed by atoms with Crippen LogP contribution in [0, 0.1) is 11.3 Å². The number of nitriles is 1. The van der Waals surface area contributed by atoms with Crippen molar-refractivity contribution in [2.75, 3.05) is 13.2 Å². The Morgan fingerprint density at radius 2 is 2.15 bits per heavy atom. The zero-order chi connectivity index (χ0) is 14.0. The molecule has 1 aromatic heterocycles. The van der Waals surface area contributed by atoms with Gasteiger partial charge in [0.05, 0.1) is 6.20 Å². The van der Waals surface area contributed by atoms with Crippen molar-refractivity contribution in [2.45, 2.75) is 19.5 Å². The average molecular weight is 271 g/mol. The van der Waals surface area contributed by atoms with E-state index < -0.39 is 0 Å². The van der Waals surface area contributed by atoms with Crippen LogP contribution in [0.15, 0.2) is 36.7 Å². The van der Waals surface area contributed by atoms with Gasteiger partial charge in [0.2, 0.25) is 0 Å². The van der Waals surface area contributed by atoms with Crippen LogP contribution in [0.5, 0.6) is 5.75 Å². The molecule has 2 aromatic rings. The highest BCUT2D eigenvalue weighted by Gasteiger charge is 1.96. The second-order valence-electron chi connectivity index (χ2n) is 4.29. The highest BCUT2D eigenvalue weighted by atomic mass is 16.5. The molecule has 0 fully saturated rings. The molecular formula is C14H17N5O. The summed E-state index contributed by atoms with van der Waals surface area (Å²) in [5.74, 6) is 0.724. The van der Waals surface area contributed by atoms with E-state index in [1.165, 1.54) is 5.56 Å². The third kappa shape index (κ3) is 4.71. The highest BCUT2D eigenvalue weighted by Crippen LogP contribution is 2.11. The fraction of sp³-hybridized carbons (Fsp3) is 0.357. The maximum Gasteiger partial charge on any atom is 0.174 e. The van der Waals surface area contributed by atoms with Crippen LogP contribution in [-0.4, -0.2) is 28.1 Å². The van der Waals surface area contributed by atoms with Crippen molar-refractivity contribution in [1.29, 1.82) is 5.26 Å². The number of hydrogen-bond donors (Lipinski definition) is 1. The van der Waals surface area contributed by atoms with Crippen molar-refractivity contribution in [3.05, 3.63) is 42.2 Å². The van der Waals surface area contributed by atoms with Gasteiger partial charge in [-0.3, -0.25) is 4.68 Å². The smallest absolute Gasteiger partial charge is 0.174 e. The van der Waals surface area contributed by atoms with E-state index in [2.05, 4.69) is 15.6 Å². The second-order valence-corrected chi connectivity index (χ2v) is 4.29. The predicted molar refractivity (Wildman–Crippen MR) is 73.9 cm³/mol. The van der Waals surface area contributed by atoms with Gasteiger partial charge in [-0.15, -0.1) is 5.10 Å². The molecule has 0 aliphatic carbocycles. The first-order chi connectivity index (χ1) is 9.88. The van der Waals surface area contributed by atoms with Crippen LogP contribution < -0.4 is 10.1 Å². The molecule has 0 amide bonds. The molecule has 0 saturated carbocycles. The van der Waals surface area contributed by atoms with Crippen LogP contribution in [0.2, 0.25) is 0 Å². The Morgan fingerprint density at radius 1 is 1.30 bits per heavy atom. The number of aryl methyl sites for hydroxylation is 1. The summed E-state index contributed by atoms with van der Waals surface area (Å²) in [5, 5.41) is 19.5. The number of rotatable bonds is 8. The van der Waals surface area contributed by atoms with Gasteiger partial charge in [-0.25, -0.2) is 0 Å². The Hall–Kier alpha value is -2.39. The Kier molecular flexibility index (Phi) is 5.55. The van der Waals surface area contributed by atoms with Gasteiger partial charge in [0.1, 0.15) is 11.8 Å². The van der Waals surface area contributed by atoms with E-state index in [4.69, 9.17) is 10.00 Å². The summed E-state index contributed by atoms with van der Waals surface area (Å²) in [6.07, 6.45) is 4.55. The topological polar surface area (TPSA) is 75.8 Å². The van der Waals surface area contributed by atoms with Crippen LogP contribution in [-0.2, 0) is 13.1 Å². The van der Waals surface area contributed by atoms with Crippen molar-refractivity contribution in [2.24, 2.45) is 0 Å². The van der Waals surface area contributed by atoms with E-state index in [-0.39, 0.29) is 6.61 Å². The molecule has 0 unspecified atom stereocenters. The molecule has 6 nitrogen and oxygen atoms in total. The van der Waals surface area contributed by atoms with Crippen molar-refractivity contribution in [3.8, 4) is 11.8 Å². The predicted octanol–water partition coefficient (Wildman–Crippen LogP) is 1.36. The summed E-state index contributed by atoms with van der Waals surface area (Å²) in [5.41, 5.74) is 1.19. The summed E-state index contributed by atoms with van der Waals surface area (Å²) in [6.45, 7) is 2.69. The molecule has 1 heterocycles. The molecule has 1 N–H and O–H groups in total. The zero-order valence-corrected chi connectivity index (χ0v) is 11.2. The van der Waals surface area contributed by atoms with E-state index in [9.17, 15) is 0 Å². The van der Waals surface area contributed by atoms with E-state index in [0.29, 0.717) is 0 Å². The van der Waals surface area contributed by atoms with E-state index in [1.54, 1.807) is 6.20 Å². The zero-order valence-electron chi connectivity index (χ0n) is 11.2. The highest BCUT2D eigenvalue weighted by molar-refractivity contribution is 5.27. The second kappa shape index (κ2) is 7.92. The molecule has 0 aliphatic heterocycles. The van der Waals surface area contributed by atoms with Gasteiger partial charge < -0.3 is 10.1 Å². The summed E-state index contributed by atoms with van der Waals surface area (Å²) in [4.78, 5) is 0. The lowest BCUT2D eigenvalue weighted by Crippen LogP contribution is -2.16. The minimum Gasteiger partial charge on any atom is -0.479 e. The molecule has 0 bridgehead atoms. The quantitative estimate of drug-likeness (QED) is 0.734. The molecule has 1 aromatic carbocycles. The first-order valence-corrected chi connectivity index (χ1v) is 6.52. The lowest BCUT2D eigenvalue weighted by Gasteiger charge is -2.06. The summed E-state index contributed by atoms with van der Waals surface area (Å²) in [7, 11) is 0. The first kappa shape index (κ1) is 14.0. The number of hydrogen-bond acceptors (Lipinski definition) is 5. The largest absolute Gasteiger partial charge is 0.479 e. The third-order valence-corrected chi connectivity index (χ3v) is 2.77. The van der Waals surface area contributed by atoms with Gasteiger partial charge in [0.25, 0.3) is 0 Å². The lowest BCUT2D eigenvalue weighted by molar-refractivity contribution is 0.368. The molecule has 2 rings (SSSR count). The third-order valence-electron chi connectivity index (χ3n) is 2.77. The van der Waals surface area contributed by atoms with Crippen molar-refractivity contribution in [1.82, 2.24) is 20.3 Å². The Balaban J connectivity index is 1.62.